The Morgan fingerprint density at radius 1 is 1.10 bits per heavy atom. The molecule has 0 saturated heterocycles. The molecule has 0 bridgehead atoms. The predicted molar refractivity (Wildman–Crippen MR) is 118 cm³/mol. The molecule has 3 aromatic rings. The number of nitrogens with one attached hydrogen (secondary N) is 3. The summed E-state index contributed by atoms with van der Waals surface area (Å²) in [6.07, 6.45) is 1.03. The lowest BCUT2D eigenvalue weighted by Crippen LogP contribution is -2.06. The van der Waals surface area contributed by atoms with Gasteiger partial charge in [-0.05, 0) is 50.2 Å². The molecule has 2 aromatic carbocycles. The van der Waals surface area contributed by atoms with Gasteiger partial charge in [0.2, 0.25) is 5.95 Å². The molecule has 31 heavy (non-hydrogen) atoms. The van der Waals surface area contributed by atoms with Crippen molar-refractivity contribution in [1.29, 1.82) is 0 Å². The van der Waals surface area contributed by atoms with Crippen LogP contribution >= 0.6 is 11.6 Å². The van der Waals surface area contributed by atoms with Crippen molar-refractivity contribution < 1.29 is 18.7 Å². The van der Waals surface area contributed by atoms with Crippen molar-refractivity contribution in [2.45, 2.75) is 20.0 Å². The van der Waals surface area contributed by atoms with Crippen LogP contribution in [0.5, 0.6) is 11.5 Å². The summed E-state index contributed by atoms with van der Waals surface area (Å²) in [6, 6.07) is 10.0. The third-order valence-electron chi connectivity index (χ3n) is 3.98. The lowest BCUT2D eigenvalue weighted by Gasteiger charge is -2.14. The smallest absolute Gasteiger partial charge is 0.298 e. The van der Waals surface area contributed by atoms with E-state index in [1.54, 1.807) is 43.4 Å². The Kier molecular flexibility index (Phi) is 7.09. The van der Waals surface area contributed by atoms with Gasteiger partial charge in [0.05, 0.1) is 23.0 Å². The van der Waals surface area contributed by atoms with Gasteiger partial charge >= 0.3 is 0 Å². The molecule has 0 radical (unpaired) electrons. The molecule has 0 fully saturated rings. The molecule has 0 amide bonds. The van der Waals surface area contributed by atoms with Gasteiger partial charge in [-0.3, -0.25) is 4.79 Å². The van der Waals surface area contributed by atoms with Crippen molar-refractivity contribution in [2.75, 3.05) is 23.0 Å². The Hall–Kier alpha value is -3.59. The van der Waals surface area contributed by atoms with E-state index in [-0.39, 0.29) is 17.9 Å². The molecule has 8 nitrogen and oxygen atoms in total. The molecule has 0 aliphatic carbocycles. The molecule has 0 saturated carbocycles. The number of aromatic nitrogens is 2. The summed E-state index contributed by atoms with van der Waals surface area (Å²) >= 11 is 6.24. The van der Waals surface area contributed by atoms with Crippen LogP contribution in [-0.2, 0) is 4.79 Å². The van der Waals surface area contributed by atoms with E-state index < -0.39 is 5.82 Å². The molecule has 3 N–H and O–H groups in total. The van der Waals surface area contributed by atoms with Crippen LogP contribution in [0.15, 0.2) is 42.6 Å². The minimum absolute atomic E-state index is 0.0215. The number of carbonyl (C=O) groups is 1. The van der Waals surface area contributed by atoms with Crippen LogP contribution in [0, 0.1) is 5.82 Å². The third-order valence-corrected chi connectivity index (χ3v) is 4.28. The van der Waals surface area contributed by atoms with Crippen molar-refractivity contribution >= 4 is 46.9 Å². The van der Waals surface area contributed by atoms with E-state index in [4.69, 9.17) is 21.1 Å². The van der Waals surface area contributed by atoms with E-state index >= 15 is 0 Å². The molecule has 0 atom stereocenters. The second-order valence-corrected chi connectivity index (χ2v) is 7.03. The van der Waals surface area contributed by atoms with Crippen molar-refractivity contribution in [3.8, 4) is 11.5 Å². The van der Waals surface area contributed by atoms with Crippen LogP contribution < -0.4 is 25.4 Å². The SMILES string of the molecule is CNc1cc(Nc2ncc(F)c(Nc3ccc(OC(C)C)c(Cl)c3)n2)ccc1OC=O. The van der Waals surface area contributed by atoms with E-state index in [0.29, 0.717) is 40.1 Å². The Morgan fingerprint density at radius 3 is 2.45 bits per heavy atom. The summed E-state index contributed by atoms with van der Waals surface area (Å²) in [5.41, 5.74) is 1.73. The van der Waals surface area contributed by atoms with Crippen LogP contribution in [0.2, 0.25) is 5.02 Å². The van der Waals surface area contributed by atoms with Gasteiger partial charge in [-0.15, -0.1) is 0 Å². The van der Waals surface area contributed by atoms with Gasteiger partial charge in [-0.2, -0.15) is 4.98 Å². The number of halogens is 2. The van der Waals surface area contributed by atoms with Gasteiger partial charge in [-0.1, -0.05) is 11.6 Å². The molecular weight excluding hydrogens is 425 g/mol. The lowest BCUT2D eigenvalue weighted by molar-refractivity contribution is -0.120. The minimum Gasteiger partial charge on any atom is -0.489 e. The first-order valence-corrected chi connectivity index (χ1v) is 9.72. The first-order valence-electron chi connectivity index (χ1n) is 9.34. The Bertz CT molecular complexity index is 1080. The average Bonchev–Trinajstić information content (AvgIpc) is 2.73. The fraction of sp³-hybridized carbons (Fsp3) is 0.190. The maximum atomic E-state index is 14.3. The highest BCUT2D eigenvalue weighted by atomic mass is 35.5. The highest BCUT2D eigenvalue weighted by molar-refractivity contribution is 6.32. The molecular formula is C21H21ClFN5O3. The zero-order valence-electron chi connectivity index (χ0n) is 17.1. The van der Waals surface area contributed by atoms with Gasteiger partial charge in [0.15, 0.2) is 17.4 Å². The second-order valence-electron chi connectivity index (χ2n) is 6.63. The number of hydrogen-bond donors (Lipinski definition) is 3. The number of ether oxygens (including phenoxy) is 2. The molecule has 1 aromatic heterocycles. The Morgan fingerprint density at radius 2 is 1.81 bits per heavy atom. The normalized spacial score (nSPS) is 10.5. The van der Waals surface area contributed by atoms with Crippen molar-refractivity contribution in [2.24, 2.45) is 0 Å². The molecule has 0 unspecified atom stereocenters. The quantitative estimate of drug-likeness (QED) is 0.390. The van der Waals surface area contributed by atoms with Crippen molar-refractivity contribution in [1.82, 2.24) is 9.97 Å². The maximum Gasteiger partial charge on any atom is 0.298 e. The third kappa shape index (κ3) is 5.73. The van der Waals surface area contributed by atoms with E-state index in [1.807, 2.05) is 13.8 Å². The van der Waals surface area contributed by atoms with Crippen LogP contribution in [0.1, 0.15) is 13.8 Å². The summed E-state index contributed by atoms with van der Waals surface area (Å²) in [4.78, 5) is 18.7. The van der Waals surface area contributed by atoms with Crippen LogP contribution in [0.4, 0.5) is 33.2 Å². The summed E-state index contributed by atoms with van der Waals surface area (Å²) in [6.45, 7) is 4.14. The number of rotatable bonds is 9. The molecule has 10 heteroatoms. The summed E-state index contributed by atoms with van der Waals surface area (Å²) in [5, 5.41) is 9.19. The second kappa shape index (κ2) is 9.94. The zero-order chi connectivity index (χ0) is 22.4. The number of nitrogens with zero attached hydrogens (tertiary/aromatic N) is 2. The fourth-order valence-electron chi connectivity index (χ4n) is 2.67. The molecule has 3 rings (SSSR count). The summed E-state index contributed by atoms with van der Waals surface area (Å²) in [7, 11) is 1.69. The largest absolute Gasteiger partial charge is 0.489 e. The topological polar surface area (TPSA) is 97.4 Å². The monoisotopic (exact) mass is 445 g/mol. The number of hydrogen-bond acceptors (Lipinski definition) is 8. The fourth-order valence-corrected chi connectivity index (χ4v) is 2.89. The molecule has 162 valence electrons. The predicted octanol–water partition coefficient (Wildman–Crippen LogP) is 5.12. The Labute approximate surface area is 183 Å². The van der Waals surface area contributed by atoms with Gasteiger partial charge in [0, 0.05) is 18.4 Å². The lowest BCUT2D eigenvalue weighted by atomic mass is 10.2. The van der Waals surface area contributed by atoms with Crippen molar-refractivity contribution in [3.63, 3.8) is 0 Å². The van der Waals surface area contributed by atoms with Crippen LogP contribution in [0.3, 0.4) is 0 Å². The van der Waals surface area contributed by atoms with E-state index in [0.717, 1.165) is 6.20 Å². The van der Waals surface area contributed by atoms with Crippen LogP contribution in [0.25, 0.3) is 0 Å². The van der Waals surface area contributed by atoms with E-state index in [2.05, 4.69) is 25.9 Å². The average molecular weight is 446 g/mol. The number of anilines is 5. The summed E-state index contributed by atoms with van der Waals surface area (Å²) in [5.74, 6) is 0.416. The molecule has 0 spiro atoms. The van der Waals surface area contributed by atoms with Crippen LogP contribution in [-0.4, -0.2) is 29.6 Å². The highest BCUT2D eigenvalue weighted by Crippen LogP contribution is 2.31. The van der Waals surface area contributed by atoms with E-state index in [9.17, 15) is 9.18 Å². The van der Waals surface area contributed by atoms with Crippen molar-refractivity contribution in [3.05, 3.63) is 53.4 Å². The first-order chi connectivity index (χ1) is 14.9. The standard InChI is InChI=1S/C21H21ClFN5O3/c1-12(2)31-18-6-4-13(8-15(18)22)26-20-16(23)10-25-21(28-20)27-14-5-7-19(30-11-29)17(9-14)24-3/h4-12,24H,1-3H3,(H2,25,26,27,28). The maximum absolute atomic E-state index is 14.3. The zero-order valence-corrected chi connectivity index (χ0v) is 17.8. The molecule has 1 heterocycles. The number of carbonyl (C=O) groups excluding carboxylic acids is 1. The van der Waals surface area contributed by atoms with E-state index in [1.165, 1.54) is 0 Å². The number of benzene rings is 2. The Balaban J connectivity index is 1.79. The van der Waals surface area contributed by atoms with Gasteiger partial charge in [-0.25, -0.2) is 9.37 Å². The minimum atomic E-state index is -0.630. The highest BCUT2D eigenvalue weighted by Gasteiger charge is 2.11. The molecule has 0 aliphatic heterocycles. The van der Waals surface area contributed by atoms with Gasteiger partial charge in [0.25, 0.3) is 6.47 Å². The first kappa shape index (κ1) is 22.1. The molecule has 0 aliphatic rings. The van der Waals surface area contributed by atoms with Gasteiger partial charge < -0.3 is 25.4 Å². The summed E-state index contributed by atoms with van der Waals surface area (Å²) < 4.78 is 24.8. The van der Waals surface area contributed by atoms with Gasteiger partial charge in [0.1, 0.15) is 5.75 Å².